The molecule has 2 aromatic rings. The van der Waals surface area contributed by atoms with E-state index in [1.54, 1.807) is 12.1 Å². The molecule has 0 fully saturated rings. The number of benzene rings is 1. The Morgan fingerprint density at radius 1 is 1.31 bits per heavy atom. The van der Waals surface area contributed by atoms with Crippen LogP contribution in [0.5, 0.6) is 5.75 Å². The summed E-state index contributed by atoms with van der Waals surface area (Å²) in [5.74, 6) is 1.09. The molecule has 0 bridgehead atoms. The highest BCUT2D eigenvalue weighted by molar-refractivity contribution is 5.81. The third-order valence-electron chi connectivity index (χ3n) is 2.26. The monoisotopic (exact) mass is 226 g/mol. The Balaban J connectivity index is 2.50. The molecular weight excluding hydrogens is 214 g/mol. The summed E-state index contributed by atoms with van der Waals surface area (Å²) < 4.78 is 28.7. The molecule has 1 aromatic heterocycles. The maximum atomic E-state index is 12.2. The number of aromatic amines is 1. The Morgan fingerprint density at radius 2 is 2.06 bits per heavy atom. The van der Waals surface area contributed by atoms with Crippen molar-refractivity contribution in [3.05, 3.63) is 24.0 Å². The second-order valence-electron chi connectivity index (χ2n) is 3.81. The van der Waals surface area contributed by atoms with Gasteiger partial charge in [-0.3, -0.25) is 0 Å². The molecule has 0 saturated heterocycles. The van der Waals surface area contributed by atoms with E-state index in [0.29, 0.717) is 11.0 Å². The van der Waals surface area contributed by atoms with E-state index in [-0.39, 0.29) is 11.7 Å². The van der Waals surface area contributed by atoms with Crippen molar-refractivity contribution in [2.45, 2.75) is 26.4 Å². The zero-order valence-corrected chi connectivity index (χ0v) is 9.00. The minimum absolute atomic E-state index is 0.107. The van der Waals surface area contributed by atoms with Crippen molar-refractivity contribution >= 4 is 11.0 Å². The van der Waals surface area contributed by atoms with Gasteiger partial charge in [0.25, 0.3) is 0 Å². The normalized spacial score (nSPS) is 11.6. The van der Waals surface area contributed by atoms with Crippen LogP contribution in [0.4, 0.5) is 8.78 Å². The summed E-state index contributed by atoms with van der Waals surface area (Å²) in [4.78, 5) is 7.32. The number of fused-ring (bicyclic) bond motifs is 1. The average molecular weight is 226 g/mol. The lowest BCUT2D eigenvalue weighted by Gasteiger charge is -2.03. The van der Waals surface area contributed by atoms with Gasteiger partial charge in [-0.2, -0.15) is 8.78 Å². The van der Waals surface area contributed by atoms with Gasteiger partial charge in [-0.05, 0) is 12.1 Å². The molecule has 0 radical (unpaired) electrons. The van der Waals surface area contributed by atoms with E-state index in [0.717, 1.165) is 5.82 Å². The molecular formula is C11H12F2N2O. The zero-order chi connectivity index (χ0) is 11.7. The third-order valence-corrected chi connectivity index (χ3v) is 2.26. The highest BCUT2D eigenvalue weighted by atomic mass is 19.3. The molecule has 5 heteroatoms. The molecule has 0 amide bonds. The summed E-state index contributed by atoms with van der Waals surface area (Å²) in [6, 6.07) is 4.92. The van der Waals surface area contributed by atoms with Crippen molar-refractivity contribution in [1.29, 1.82) is 0 Å². The van der Waals surface area contributed by atoms with Gasteiger partial charge in [0.05, 0.1) is 5.52 Å². The van der Waals surface area contributed by atoms with Crippen LogP contribution in [0, 0.1) is 0 Å². The Bertz CT molecular complexity index is 494. The van der Waals surface area contributed by atoms with Crippen molar-refractivity contribution in [2.75, 3.05) is 0 Å². The van der Waals surface area contributed by atoms with Crippen molar-refractivity contribution in [3.8, 4) is 5.75 Å². The van der Waals surface area contributed by atoms with Crippen LogP contribution in [-0.4, -0.2) is 16.6 Å². The predicted molar refractivity (Wildman–Crippen MR) is 56.8 cm³/mol. The fraction of sp³-hybridized carbons (Fsp3) is 0.364. The van der Waals surface area contributed by atoms with E-state index in [4.69, 9.17) is 0 Å². The van der Waals surface area contributed by atoms with Gasteiger partial charge < -0.3 is 9.72 Å². The van der Waals surface area contributed by atoms with Crippen LogP contribution in [0.1, 0.15) is 25.6 Å². The molecule has 0 aliphatic carbocycles. The molecule has 0 saturated carbocycles. The Labute approximate surface area is 91.4 Å². The summed E-state index contributed by atoms with van der Waals surface area (Å²) in [6.45, 7) is 1.13. The number of hydrogen-bond acceptors (Lipinski definition) is 2. The average Bonchev–Trinajstić information content (AvgIpc) is 2.61. The van der Waals surface area contributed by atoms with E-state index < -0.39 is 6.61 Å². The van der Waals surface area contributed by atoms with E-state index in [1.165, 1.54) is 6.07 Å². The van der Waals surface area contributed by atoms with Crippen molar-refractivity contribution in [2.24, 2.45) is 0 Å². The van der Waals surface area contributed by atoms with Gasteiger partial charge in [0.2, 0.25) is 0 Å². The second kappa shape index (κ2) is 4.08. The first-order valence-corrected chi connectivity index (χ1v) is 5.01. The number of imidazole rings is 1. The van der Waals surface area contributed by atoms with Gasteiger partial charge >= 0.3 is 6.61 Å². The van der Waals surface area contributed by atoms with Crippen molar-refractivity contribution < 1.29 is 13.5 Å². The second-order valence-corrected chi connectivity index (χ2v) is 3.81. The SMILES string of the molecule is CC(C)c1nc2c(OC(F)F)cccc2[nH]1. The number of para-hydroxylation sites is 1. The number of nitrogens with zero attached hydrogens (tertiary/aromatic N) is 1. The number of nitrogens with one attached hydrogen (secondary N) is 1. The highest BCUT2D eigenvalue weighted by Gasteiger charge is 2.13. The smallest absolute Gasteiger partial charge is 0.387 e. The Hall–Kier alpha value is -1.65. The molecule has 1 N–H and O–H groups in total. The number of hydrogen-bond donors (Lipinski definition) is 1. The Kier molecular flexibility index (Phi) is 2.77. The summed E-state index contributed by atoms with van der Waals surface area (Å²) in [6.07, 6.45) is 0. The summed E-state index contributed by atoms with van der Waals surface area (Å²) in [5.41, 5.74) is 1.16. The molecule has 0 atom stereocenters. The van der Waals surface area contributed by atoms with E-state index in [2.05, 4.69) is 14.7 Å². The highest BCUT2D eigenvalue weighted by Crippen LogP contribution is 2.26. The molecule has 0 aliphatic rings. The van der Waals surface area contributed by atoms with Gasteiger partial charge in [-0.15, -0.1) is 0 Å². The third kappa shape index (κ3) is 1.98. The van der Waals surface area contributed by atoms with Crippen molar-refractivity contribution in [1.82, 2.24) is 9.97 Å². The van der Waals surface area contributed by atoms with Gasteiger partial charge in [-0.1, -0.05) is 19.9 Å². The lowest BCUT2D eigenvalue weighted by molar-refractivity contribution is -0.0489. The standard InChI is InChI=1S/C11H12F2N2O/c1-6(2)10-14-7-4-3-5-8(9(7)15-10)16-11(12)13/h3-6,11H,1-2H3,(H,14,15). The summed E-state index contributed by atoms with van der Waals surface area (Å²) in [5, 5.41) is 0. The maximum absolute atomic E-state index is 12.2. The van der Waals surface area contributed by atoms with Crippen LogP contribution in [0.15, 0.2) is 18.2 Å². The molecule has 1 aromatic carbocycles. The largest absolute Gasteiger partial charge is 0.432 e. The summed E-state index contributed by atoms with van der Waals surface area (Å²) in [7, 11) is 0. The lowest BCUT2D eigenvalue weighted by Crippen LogP contribution is -2.02. The van der Waals surface area contributed by atoms with E-state index in [1.807, 2.05) is 13.8 Å². The van der Waals surface area contributed by atoms with Gasteiger partial charge in [-0.25, -0.2) is 4.98 Å². The molecule has 0 aliphatic heterocycles. The Morgan fingerprint density at radius 3 is 2.69 bits per heavy atom. The van der Waals surface area contributed by atoms with Crippen LogP contribution in [-0.2, 0) is 0 Å². The van der Waals surface area contributed by atoms with Crippen LogP contribution < -0.4 is 4.74 Å². The van der Waals surface area contributed by atoms with Crippen LogP contribution in [0.3, 0.4) is 0 Å². The fourth-order valence-corrected chi connectivity index (χ4v) is 1.49. The summed E-state index contributed by atoms with van der Waals surface area (Å²) >= 11 is 0. The predicted octanol–water partition coefficient (Wildman–Crippen LogP) is 3.29. The van der Waals surface area contributed by atoms with Crippen LogP contribution in [0.25, 0.3) is 11.0 Å². The number of H-pyrrole nitrogens is 1. The van der Waals surface area contributed by atoms with E-state index >= 15 is 0 Å². The minimum atomic E-state index is -2.83. The van der Waals surface area contributed by atoms with Crippen molar-refractivity contribution in [3.63, 3.8) is 0 Å². The quantitative estimate of drug-likeness (QED) is 0.872. The molecule has 2 rings (SSSR count). The molecule has 0 spiro atoms. The number of ether oxygens (including phenoxy) is 1. The van der Waals surface area contributed by atoms with Gasteiger partial charge in [0.1, 0.15) is 11.3 Å². The fourth-order valence-electron chi connectivity index (χ4n) is 1.49. The number of alkyl halides is 2. The van der Waals surface area contributed by atoms with Gasteiger partial charge in [0, 0.05) is 5.92 Å². The number of halogens is 2. The molecule has 3 nitrogen and oxygen atoms in total. The molecule has 0 unspecified atom stereocenters. The first-order chi connectivity index (χ1) is 7.58. The van der Waals surface area contributed by atoms with Crippen LogP contribution in [0.2, 0.25) is 0 Å². The maximum Gasteiger partial charge on any atom is 0.387 e. The number of aromatic nitrogens is 2. The molecule has 1 heterocycles. The lowest BCUT2D eigenvalue weighted by atomic mass is 10.2. The topological polar surface area (TPSA) is 37.9 Å². The minimum Gasteiger partial charge on any atom is -0.432 e. The first-order valence-electron chi connectivity index (χ1n) is 5.01. The van der Waals surface area contributed by atoms with E-state index in [9.17, 15) is 8.78 Å². The van der Waals surface area contributed by atoms with Crippen LogP contribution >= 0.6 is 0 Å². The zero-order valence-electron chi connectivity index (χ0n) is 9.00. The number of rotatable bonds is 3. The van der Waals surface area contributed by atoms with Gasteiger partial charge in [0.15, 0.2) is 5.75 Å². The molecule has 86 valence electrons. The first kappa shape index (κ1) is 10.9. The molecule has 16 heavy (non-hydrogen) atoms.